The molecule has 0 aliphatic carbocycles. The third kappa shape index (κ3) is 5.04. The maximum atomic E-state index is 12.4. The van der Waals surface area contributed by atoms with Crippen molar-refractivity contribution >= 4 is 5.91 Å². The van der Waals surface area contributed by atoms with Gasteiger partial charge in [0.05, 0.1) is 12.7 Å². The Kier molecular flexibility index (Phi) is 7.28. The number of phenolic OH excluding ortho intramolecular Hbond substituents is 2. The van der Waals surface area contributed by atoms with Crippen LogP contribution in [0.4, 0.5) is 0 Å². The van der Waals surface area contributed by atoms with Gasteiger partial charge in [-0.2, -0.15) is 0 Å². The van der Waals surface area contributed by atoms with Gasteiger partial charge in [-0.1, -0.05) is 37.3 Å². The molecule has 8 heteroatoms. The fourth-order valence-corrected chi connectivity index (χ4v) is 3.58. The molecule has 1 amide bonds. The van der Waals surface area contributed by atoms with E-state index in [1.54, 1.807) is 0 Å². The summed E-state index contributed by atoms with van der Waals surface area (Å²) in [6, 6.07) is 10.7. The van der Waals surface area contributed by atoms with Crippen LogP contribution in [0.3, 0.4) is 0 Å². The number of nitrogens with zero attached hydrogens (tertiary/aromatic N) is 1. The molecular weight excluding hydrogens is 400 g/mol. The maximum Gasteiger partial charge on any atom is 0.273 e. The molecule has 2 aromatic carbocycles. The highest BCUT2D eigenvalue weighted by Gasteiger charge is 2.21. The number of rotatable bonds is 9. The van der Waals surface area contributed by atoms with E-state index < -0.39 is 18.6 Å². The molecule has 0 fully saturated rings. The molecular formula is C23H26N2O6. The molecule has 1 unspecified atom stereocenters. The fourth-order valence-electron chi connectivity index (χ4n) is 3.58. The number of amides is 1. The summed E-state index contributed by atoms with van der Waals surface area (Å²) in [5.74, 6) is -0.179. The fraction of sp³-hybridized carbons (Fsp3) is 0.304. The summed E-state index contributed by atoms with van der Waals surface area (Å²) in [7, 11) is 0. The third-order valence-electron chi connectivity index (χ3n) is 5.09. The van der Waals surface area contributed by atoms with E-state index in [9.17, 15) is 20.1 Å². The minimum atomic E-state index is -1.06. The van der Waals surface area contributed by atoms with Gasteiger partial charge in [-0.3, -0.25) is 4.79 Å². The molecule has 1 aromatic heterocycles. The van der Waals surface area contributed by atoms with Crippen LogP contribution in [-0.2, 0) is 19.3 Å². The van der Waals surface area contributed by atoms with E-state index >= 15 is 0 Å². The van der Waals surface area contributed by atoms with E-state index in [4.69, 9.17) is 9.52 Å². The van der Waals surface area contributed by atoms with Crippen molar-refractivity contribution in [2.24, 2.45) is 0 Å². The Morgan fingerprint density at radius 2 is 1.87 bits per heavy atom. The van der Waals surface area contributed by atoms with Crippen LogP contribution in [-0.4, -0.2) is 50.6 Å². The summed E-state index contributed by atoms with van der Waals surface area (Å²) < 4.78 is 5.41. The first-order valence-electron chi connectivity index (χ1n) is 10.1. The van der Waals surface area contributed by atoms with Crippen LogP contribution in [0.25, 0.3) is 11.1 Å². The Morgan fingerprint density at radius 1 is 1.13 bits per heavy atom. The molecule has 0 saturated heterocycles. The van der Waals surface area contributed by atoms with Crippen molar-refractivity contribution in [1.82, 2.24) is 10.3 Å². The monoisotopic (exact) mass is 426 g/mol. The van der Waals surface area contributed by atoms with Crippen LogP contribution in [0.2, 0.25) is 0 Å². The second-order valence-electron chi connectivity index (χ2n) is 7.14. The number of aryl methyl sites for hydroxylation is 1. The highest BCUT2D eigenvalue weighted by atomic mass is 16.3. The molecule has 31 heavy (non-hydrogen) atoms. The molecule has 0 radical (unpaired) electrons. The van der Waals surface area contributed by atoms with Crippen molar-refractivity contribution in [2.45, 2.75) is 32.3 Å². The van der Waals surface area contributed by atoms with Crippen LogP contribution in [0, 0.1) is 0 Å². The SMILES string of the molecule is CCc1c(O)cc(O)c(-c2ccccc2)c1CCc1ocnc1C(=O)NCC(O)CO. The number of carbonyl (C=O) groups excluding carboxylic acids is 1. The molecule has 0 aliphatic heterocycles. The van der Waals surface area contributed by atoms with E-state index in [0.717, 1.165) is 11.1 Å². The van der Waals surface area contributed by atoms with Gasteiger partial charge in [-0.25, -0.2) is 4.98 Å². The van der Waals surface area contributed by atoms with E-state index in [2.05, 4.69) is 10.3 Å². The van der Waals surface area contributed by atoms with Crippen molar-refractivity contribution in [3.05, 3.63) is 65.4 Å². The Balaban J connectivity index is 1.89. The Hall–Kier alpha value is -3.36. The molecule has 0 aliphatic rings. The second-order valence-corrected chi connectivity index (χ2v) is 7.14. The molecule has 164 valence electrons. The number of nitrogens with one attached hydrogen (secondary N) is 1. The molecule has 8 nitrogen and oxygen atoms in total. The standard InChI is InChI=1S/C23H26N2O6/c1-2-16-17(21(19(29)10-18(16)28)14-6-4-3-5-7-14)8-9-20-22(25-13-31-20)23(30)24-11-15(27)12-26/h3-7,10,13,15,26-29H,2,8-9,11-12H2,1H3,(H,24,30). The Morgan fingerprint density at radius 3 is 2.55 bits per heavy atom. The lowest BCUT2D eigenvalue weighted by atomic mass is 9.89. The number of aliphatic hydroxyl groups excluding tert-OH is 2. The number of phenols is 2. The summed E-state index contributed by atoms with van der Waals surface area (Å²) in [5, 5.41) is 41.8. The number of hydrogen-bond donors (Lipinski definition) is 5. The van der Waals surface area contributed by atoms with Gasteiger partial charge >= 0.3 is 0 Å². The van der Waals surface area contributed by atoms with Crippen LogP contribution >= 0.6 is 0 Å². The summed E-state index contributed by atoms with van der Waals surface area (Å²) in [4.78, 5) is 16.3. The third-order valence-corrected chi connectivity index (χ3v) is 5.09. The molecule has 1 atom stereocenters. The smallest absolute Gasteiger partial charge is 0.273 e. The predicted molar refractivity (Wildman–Crippen MR) is 114 cm³/mol. The van der Waals surface area contributed by atoms with Crippen molar-refractivity contribution in [3.8, 4) is 22.6 Å². The number of aliphatic hydroxyl groups is 2. The molecule has 3 rings (SSSR count). The van der Waals surface area contributed by atoms with Crippen molar-refractivity contribution in [1.29, 1.82) is 0 Å². The van der Waals surface area contributed by atoms with Gasteiger partial charge < -0.3 is 30.2 Å². The summed E-state index contributed by atoms with van der Waals surface area (Å²) >= 11 is 0. The summed E-state index contributed by atoms with van der Waals surface area (Å²) in [6.07, 6.45) is 1.37. The molecule has 0 saturated carbocycles. The lowest BCUT2D eigenvalue weighted by Gasteiger charge is -2.17. The van der Waals surface area contributed by atoms with Gasteiger partial charge in [0, 0.05) is 24.6 Å². The average molecular weight is 426 g/mol. The number of aromatic hydroxyl groups is 2. The van der Waals surface area contributed by atoms with Gasteiger partial charge in [-0.15, -0.1) is 0 Å². The predicted octanol–water partition coefficient (Wildman–Crippen LogP) is 2.18. The van der Waals surface area contributed by atoms with E-state index in [1.807, 2.05) is 37.3 Å². The topological polar surface area (TPSA) is 136 Å². The minimum absolute atomic E-state index is 0.0169. The zero-order valence-electron chi connectivity index (χ0n) is 17.2. The molecule has 0 bridgehead atoms. The second kappa shape index (κ2) is 10.1. The molecule has 3 aromatic rings. The normalized spacial score (nSPS) is 12.0. The lowest BCUT2D eigenvalue weighted by Crippen LogP contribution is -2.34. The number of benzene rings is 2. The first-order chi connectivity index (χ1) is 15.0. The van der Waals surface area contributed by atoms with Crippen molar-refractivity contribution in [3.63, 3.8) is 0 Å². The van der Waals surface area contributed by atoms with Crippen molar-refractivity contribution in [2.75, 3.05) is 13.2 Å². The van der Waals surface area contributed by atoms with Crippen LogP contribution in [0.1, 0.15) is 34.3 Å². The van der Waals surface area contributed by atoms with E-state index in [1.165, 1.54) is 12.5 Å². The van der Waals surface area contributed by atoms with Crippen molar-refractivity contribution < 1.29 is 29.6 Å². The minimum Gasteiger partial charge on any atom is -0.508 e. The first-order valence-corrected chi connectivity index (χ1v) is 10.1. The molecule has 0 spiro atoms. The highest BCUT2D eigenvalue weighted by Crippen LogP contribution is 2.40. The number of aromatic nitrogens is 1. The van der Waals surface area contributed by atoms with Gasteiger partial charge in [0.1, 0.15) is 17.3 Å². The van der Waals surface area contributed by atoms with Gasteiger partial charge in [0.2, 0.25) is 0 Å². The largest absolute Gasteiger partial charge is 0.508 e. The maximum absolute atomic E-state index is 12.4. The van der Waals surface area contributed by atoms with Gasteiger partial charge in [-0.05, 0) is 29.5 Å². The average Bonchev–Trinajstić information content (AvgIpc) is 3.24. The van der Waals surface area contributed by atoms with Crippen LogP contribution in [0.5, 0.6) is 11.5 Å². The summed E-state index contributed by atoms with van der Waals surface area (Å²) in [6.45, 7) is 1.35. The number of oxazole rings is 1. The van der Waals surface area contributed by atoms with E-state index in [0.29, 0.717) is 36.1 Å². The number of hydrogen-bond acceptors (Lipinski definition) is 7. The van der Waals surface area contributed by atoms with E-state index in [-0.39, 0.29) is 23.7 Å². The molecule has 1 heterocycles. The molecule has 5 N–H and O–H groups in total. The zero-order chi connectivity index (χ0) is 22.4. The highest BCUT2D eigenvalue weighted by molar-refractivity contribution is 5.93. The van der Waals surface area contributed by atoms with Gasteiger partial charge in [0.15, 0.2) is 12.1 Å². The zero-order valence-corrected chi connectivity index (χ0v) is 17.2. The Bertz CT molecular complexity index is 1030. The lowest BCUT2D eigenvalue weighted by molar-refractivity contribution is 0.0798. The van der Waals surface area contributed by atoms with Crippen LogP contribution < -0.4 is 5.32 Å². The quantitative estimate of drug-likeness (QED) is 0.354. The van der Waals surface area contributed by atoms with Crippen LogP contribution in [0.15, 0.2) is 47.2 Å². The summed E-state index contributed by atoms with van der Waals surface area (Å²) in [5.41, 5.74) is 3.02. The first kappa shape index (κ1) is 22.3. The number of carbonyl (C=O) groups is 1. The van der Waals surface area contributed by atoms with Gasteiger partial charge in [0.25, 0.3) is 5.91 Å². The Labute approximate surface area is 179 Å².